The van der Waals surface area contributed by atoms with E-state index in [1.165, 1.54) is 38.5 Å². The number of rotatable bonds is 6. The third-order valence-corrected chi connectivity index (χ3v) is 17.2. The maximum Gasteiger partial charge on any atom is 0.223 e. The van der Waals surface area contributed by atoms with Crippen molar-refractivity contribution in [1.29, 1.82) is 0 Å². The normalized spacial score (nSPS) is 51.8. The molecular weight excluding hydrogens is 606 g/mol. The average Bonchev–Trinajstić information content (AvgIpc) is 3.64. The molecule has 0 aromatic rings. The van der Waals surface area contributed by atoms with Crippen molar-refractivity contribution in [2.45, 2.75) is 168 Å². The maximum absolute atomic E-state index is 13.0. The molecule has 1 amide bonds. The molecule has 7 unspecified atom stereocenters. The maximum atomic E-state index is 13.0. The lowest BCUT2D eigenvalue weighted by atomic mass is 9.41. The van der Waals surface area contributed by atoms with Crippen LogP contribution in [0.3, 0.4) is 0 Å². The Bertz CT molecular complexity index is 1280. The van der Waals surface area contributed by atoms with Gasteiger partial charge in [-0.2, -0.15) is 0 Å². The number of aliphatic hydroxyl groups is 3. The monoisotopic (exact) mass is 671 g/mol. The van der Waals surface area contributed by atoms with Gasteiger partial charge in [-0.25, -0.2) is 0 Å². The van der Waals surface area contributed by atoms with Crippen LogP contribution in [0, 0.1) is 56.7 Å². The van der Waals surface area contributed by atoms with Crippen LogP contribution in [-0.4, -0.2) is 88.2 Å². The number of hydrogen-bond acceptors (Lipinski definition) is 7. The molecule has 0 aromatic heterocycles. The lowest BCUT2D eigenvalue weighted by molar-refractivity contribution is -0.248. The molecule has 2 spiro atoms. The van der Waals surface area contributed by atoms with Gasteiger partial charge in [-0.3, -0.25) is 4.79 Å². The van der Waals surface area contributed by atoms with E-state index in [0.29, 0.717) is 61.6 Å². The molecule has 48 heavy (non-hydrogen) atoms. The molecule has 3 N–H and O–H groups in total. The van der Waals surface area contributed by atoms with Crippen molar-refractivity contribution in [2.24, 2.45) is 56.7 Å². The summed E-state index contributed by atoms with van der Waals surface area (Å²) in [6.07, 6.45) is 10.5. The van der Waals surface area contributed by atoms with Gasteiger partial charge < -0.3 is 34.4 Å². The van der Waals surface area contributed by atoms with Crippen molar-refractivity contribution in [3.05, 3.63) is 0 Å². The SMILES string of the molecule is C[C@@H]1CC([C@H](O)C(C)(C)O)OC2[C@H]1C1(C)CCC34CC35CC[C@H](OC3CN(C(=O)CC6CCC6)CCO3)C(C)(C)[C@@H]5CCC4[C@]1(C)[C@H]2O. The van der Waals surface area contributed by atoms with E-state index < -0.39 is 23.9 Å². The first-order valence-corrected chi connectivity index (χ1v) is 19.8. The highest BCUT2D eigenvalue weighted by molar-refractivity contribution is 5.76. The lowest BCUT2D eigenvalue weighted by Gasteiger charge is -2.64. The van der Waals surface area contributed by atoms with Gasteiger partial charge >= 0.3 is 0 Å². The zero-order valence-electron chi connectivity index (χ0n) is 30.9. The second-order valence-corrected chi connectivity index (χ2v) is 19.9. The highest BCUT2D eigenvalue weighted by atomic mass is 16.7. The Hall–Kier alpha value is -0.770. The van der Waals surface area contributed by atoms with Crippen LogP contribution < -0.4 is 0 Å². The molecule has 6 saturated carbocycles. The molecule has 2 saturated heterocycles. The minimum absolute atomic E-state index is 0.00366. The summed E-state index contributed by atoms with van der Waals surface area (Å²) >= 11 is 0. The van der Waals surface area contributed by atoms with Gasteiger partial charge in [0.25, 0.3) is 0 Å². The van der Waals surface area contributed by atoms with Gasteiger partial charge in [-0.15, -0.1) is 0 Å². The summed E-state index contributed by atoms with van der Waals surface area (Å²) in [4.78, 5) is 15.0. The number of fused-ring (bicyclic) bond motifs is 4. The molecule has 8 heteroatoms. The summed E-state index contributed by atoms with van der Waals surface area (Å²) in [5.74, 6) is 2.39. The third kappa shape index (κ3) is 4.56. The number of ether oxygens (including phenoxy) is 3. The summed E-state index contributed by atoms with van der Waals surface area (Å²) in [5, 5.41) is 34.1. The summed E-state index contributed by atoms with van der Waals surface area (Å²) in [7, 11) is 0. The molecule has 6 aliphatic carbocycles. The zero-order chi connectivity index (χ0) is 34.2. The lowest BCUT2D eigenvalue weighted by Crippen LogP contribution is -2.60. The molecule has 0 aromatic carbocycles. The van der Waals surface area contributed by atoms with Crippen LogP contribution >= 0.6 is 0 Å². The van der Waals surface area contributed by atoms with Crippen LogP contribution in [0.5, 0.6) is 0 Å². The van der Waals surface area contributed by atoms with Gasteiger partial charge in [0, 0.05) is 18.4 Å². The predicted molar refractivity (Wildman–Crippen MR) is 182 cm³/mol. The van der Waals surface area contributed by atoms with E-state index in [2.05, 4.69) is 34.6 Å². The van der Waals surface area contributed by atoms with Crippen LogP contribution in [0.4, 0.5) is 0 Å². The van der Waals surface area contributed by atoms with Crippen molar-refractivity contribution in [3.63, 3.8) is 0 Å². The van der Waals surface area contributed by atoms with Crippen LogP contribution in [0.15, 0.2) is 0 Å². The Labute approximate surface area is 289 Å². The quantitative estimate of drug-likeness (QED) is 0.333. The Morgan fingerprint density at radius 3 is 2.42 bits per heavy atom. The van der Waals surface area contributed by atoms with E-state index in [0.717, 1.165) is 25.7 Å². The first-order chi connectivity index (χ1) is 22.5. The van der Waals surface area contributed by atoms with Gasteiger partial charge in [0.1, 0.15) is 6.10 Å². The summed E-state index contributed by atoms with van der Waals surface area (Å²) in [6.45, 7) is 17.1. The van der Waals surface area contributed by atoms with Crippen molar-refractivity contribution in [2.75, 3.05) is 19.7 Å². The number of aliphatic hydroxyl groups excluding tert-OH is 2. The molecule has 14 atom stereocenters. The van der Waals surface area contributed by atoms with Crippen LogP contribution in [0.2, 0.25) is 0 Å². The van der Waals surface area contributed by atoms with Crippen molar-refractivity contribution >= 4 is 5.91 Å². The van der Waals surface area contributed by atoms with E-state index in [-0.39, 0.29) is 52.0 Å². The smallest absolute Gasteiger partial charge is 0.223 e. The van der Waals surface area contributed by atoms with Crippen molar-refractivity contribution in [1.82, 2.24) is 4.90 Å². The van der Waals surface area contributed by atoms with E-state index in [1.807, 2.05) is 4.90 Å². The Balaban J connectivity index is 0.994. The van der Waals surface area contributed by atoms with Crippen LogP contribution in [0.25, 0.3) is 0 Å². The molecule has 0 radical (unpaired) electrons. The molecule has 8 rings (SSSR count). The number of carbonyl (C=O) groups is 1. The van der Waals surface area contributed by atoms with Crippen molar-refractivity contribution < 1.29 is 34.3 Å². The van der Waals surface area contributed by atoms with Gasteiger partial charge in [-0.1, -0.05) is 41.0 Å². The highest BCUT2D eigenvalue weighted by Crippen LogP contribution is 2.89. The molecule has 2 aliphatic heterocycles. The average molecular weight is 672 g/mol. The number of nitrogens with zero attached hydrogens (tertiary/aromatic N) is 1. The minimum atomic E-state index is -1.25. The van der Waals surface area contributed by atoms with Crippen molar-refractivity contribution in [3.8, 4) is 0 Å². The number of morpholine rings is 1. The number of amides is 1. The fourth-order valence-electron chi connectivity index (χ4n) is 14.4. The fraction of sp³-hybridized carbons (Fsp3) is 0.975. The third-order valence-electron chi connectivity index (χ3n) is 17.2. The molecule has 8 nitrogen and oxygen atoms in total. The topological polar surface area (TPSA) is 109 Å². The largest absolute Gasteiger partial charge is 0.390 e. The van der Waals surface area contributed by atoms with Gasteiger partial charge in [0.2, 0.25) is 5.91 Å². The van der Waals surface area contributed by atoms with E-state index >= 15 is 0 Å². The Morgan fingerprint density at radius 1 is 1.02 bits per heavy atom. The van der Waals surface area contributed by atoms with Gasteiger partial charge in [0.05, 0.1) is 43.2 Å². The van der Waals surface area contributed by atoms with Crippen LogP contribution in [-0.2, 0) is 19.0 Å². The molecule has 2 heterocycles. The van der Waals surface area contributed by atoms with E-state index in [9.17, 15) is 20.1 Å². The fourth-order valence-corrected chi connectivity index (χ4v) is 14.4. The molecule has 8 fully saturated rings. The number of carbonyl (C=O) groups excluding carboxylic acids is 1. The minimum Gasteiger partial charge on any atom is -0.390 e. The van der Waals surface area contributed by atoms with Gasteiger partial charge in [-0.05, 0) is 129 Å². The Kier molecular flexibility index (Phi) is 7.95. The molecule has 0 bridgehead atoms. The second kappa shape index (κ2) is 11.1. The first-order valence-electron chi connectivity index (χ1n) is 19.8. The first kappa shape index (κ1) is 34.3. The van der Waals surface area contributed by atoms with E-state index in [4.69, 9.17) is 14.2 Å². The molecular formula is C40H65NO7. The van der Waals surface area contributed by atoms with Gasteiger partial charge in [0.15, 0.2) is 6.29 Å². The summed E-state index contributed by atoms with van der Waals surface area (Å²) in [6, 6.07) is 0. The Morgan fingerprint density at radius 2 is 1.73 bits per heavy atom. The second-order valence-electron chi connectivity index (χ2n) is 19.9. The molecule has 8 aliphatic rings. The van der Waals surface area contributed by atoms with E-state index in [1.54, 1.807) is 13.8 Å². The summed E-state index contributed by atoms with van der Waals surface area (Å²) in [5.41, 5.74) is -1.01. The predicted octanol–water partition coefficient (Wildman–Crippen LogP) is 5.69. The highest BCUT2D eigenvalue weighted by Gasteiger charge is 2.84. The zero-order valence-corrected chi connectivity index (χ0v) is 30.9. The standard InChI is InChI=1S/C40H65NO7/c1-23-19-25(33(43)36(4,5)45)47-32-31(23)37(6)15-16-40-22-39(40)14-13-28(35(2,3)26(39)11-12-27(40)38(37,7)34(32)44)48-30-21-41(17-18-46-30)29(42)20-24-9-8-10-24/h23-28,30-34,43-45H,8-22H2,1-7H3/t23-,25?,26+,27?,28+,30?,31+,32?,33+,34+,37?,38-,39?,40?/m1/s1. The van der Waals surface area contributed by atoms with Crippen LogP contribution in [0.1, 0.15) is 126 Å². The number of hydrogen-bond donors (Lipinski definition) is 3. The summed E-state index contributed by atoms with van der Waals surface area (Å²) < 4.78 is 19.7. The molecule has 272 valence electrons.